The van der Waals surface area contributed by atoms with E-state index in [0.29, 0.717) is 11.6 Å². The Bertz CT molecular complexity index is 889. The van der Waals surface area contributed by atoms with E-state index in [4.69, 9.17) is 5.11 Å². The highest BCUT2D eigenvalue weighted by molar-refractivity contribution is 5.78. The monoisotopic (exact) mass is 280 g/mol. The number of aromatic amines is 2. The van der Waals surface area contributed by atoms with Crippen molar-refractivity contribution in [3.05, 3.63) is 48.8 Å². The van der Waals surface area contributed by atoms with Crippen molar-refractivity contribution in [2.24, 2.45) is 0 Å². The summed E-state index contributed by atoms with van der Waals surface area (Å²) in [7, 11) is 0. The van der Waals surface area contributed by atoms with Crippen LogP contribution in [0.1, 0.15) is 5.82 Å². The minimum absolute atomic E-state index is 0.104. The van der Waals surface area contributed by atoms with Crippen LogP contribution in [0.3, 0.4) is 0 Å². The van der Waals surface area contributed by atoms with E-state index in [2.05, 4.69) is 24.9 Å². The molecule has 0 fully saturated rings. The molecule has 0 aliphatic heterocycles. The maximum atomic E-state index is 9.14. The van der Waals surface area contributed by atoms with Gasteiger partial charge in [0.15, 0.2) is 11.6 Å². The van der Waals surface area contributed by atoms with Crippen LogP contribution in [0, 0.1) is 0 Å². The van der Waals surface area contributed by atoms with Crippen molar-refractivity contribution >= 4 is 11.0 Å². The molecule has 21 heavy (non-hydrogen) atoms. The first-order valence-corrected chi connectivity index (χ1v) is 6.48. The van der Waals surface area contributed by atoms with E-state index < -0.39 is 0 Å². The summed E-state index contributed by atoms with van der Waals surface area (Å²) in [5.41, 5.74) is 2.64. The Kier molecular flexibility index (Phi) is 2.58. The van der Waals surface area contributed by atoms with Crippen molar-refractivity contribution in [2.75, 3.05) is 0 Å². The molecule has 0 aliphatic rings. The van der Waals surface area contributed by atoms with Gasteiger partial charge in [0.2, 0.25) is 0 Å². The van der Waals surface area contributed by atoms with Gasteiger partial charge in [-0.2, -0.15) is 0 Å². The number of benzene rings is 1. The third-order valence-electron chi connectivity index (χ3n) is 3.29. The first kappa shape index (κ1) is 11.9. The minimum atomic E-state index is -0.104. The van der Waals surface area contributed by atoms with E-state index in [1.54, 1.807) is 18.6 Å². The molecule has 1 aromatic carbocycles. The van der Waals surface area contributed by atoms with Crippen LogP contribution in [0.15, 0.2) is 43.0 Å². The molecule has 3 aromatic heterocycles. The average Bonchev–Trinajstić information content (AvgIpc) is 3.24. The van der Waals surface area contributed by atoms with Gasteiger partial charge in [0.25, 0.3) is 0 Å². The van der Waals surface area contributed by atoms with Crippen molar-refractivity contribution < 1.29 is 5.11 Å². The smallest absolute Gasteiger partial charge is 0.180 e. The molecular formula is C14H12N6O. The Morgan fingerprint density at radius 1 is 1.19 bits per heavy atom. The normalized spacial score (nSPS) is 11.3. The Balaban J connectivity index is 1.85. The van der Waals surface area contributed by atoms with E-state index in [9.17, 15) is 0 Å². The molecule has 7 nitrogen and oxygen atoms in total. The fraction of sp³-hybridized carbons (Fsp3) is 0.0714. The first-order valence-electron chi connectivity index (χ1n) is 6.48. The van der Waals surface area contributed by atoms with Gasteiger partial charge in [-0.25, -0.2) is 15.0 Å². The van der Waals surface area contributed by atoms with Gasteiger partial charge in [-0.05, 0) is 18.2 Å². The fourth-order valence-corrected chi connectivity index (χ4v) is 2.35. The van der Waals surface area contributed by atoms with Crippen LogP contribution in [0.25, 0.3) is 28.4 Å². The lowest BCUT2D eigenvalue weighted by Gasteiger charge is -2.06. The van der Waals surface area contributed by atoms with Gasteiger partial charge >= 0.3 is 0 Å². The minimum Gasteiger partial charge on any atom is -0.388 e. The van der Waals surface area contributed by atoms with Gasteiger partial charge in [0, 0.05) is 30.5 Å². The SMILES string of the molecule is OCc1nc2ccc(-n3ccnc3-c3ncc[nH]3)cc2[nH]1. The van der Waals surface area contributed by atoms with Gasteiger partial charge in [0.1, 0.15) is 12.4 Å². The molecule has 0 saturated heterocycles. The van der Waals surface area contributed by atoms with Gasteiger partial charge in [0.05, 0.1) is 11.0 Å². The molecule has 3 N–H and O–H groups in total. The summed E-state index contributed by atoms with van der Waals surface area (Å²) in [4.78, 5) is 19.0. The van der Waals surface area contributed by atoms with Crippen molar-refractivity contribution in [2.45, 2.75) is 6.61 Å². The first-order chi connectivity index (χ1) is 10.3. The Morgan fingerprint density at radius 2 is 2.14 bits per heavy atom. The van der Waals surface area contributed by atoms with E-state index in [-0.39, 0.29) is 6.61 Å². The zero-order valence-corrected chi connectivity index (χ0v) is 11.0. The van der Waals surface area contributed by atoms with E-state index in [0.717, 1.165) is 22.5 Å². The summed E-state index contributed by atoms with van der Waals surface area (Å²) in [6.07, 6.45) is 7.07. The second-order valence-corrected chi connectivity index (χ2v) is 4.60. The van der Waals surface area contributed by atoms with Crippen LogP contribution in [0.4, 0.5) is 0 Å². The van der Waals surface area contributed by atoms with Crippen LogP contribution in [-0.2, 0) is 6.61 Å². The Labute approximate surface area is 119 Å². The molecule has 3 heterocycles. The molecule has 0 radical (unpaired) electrons. The standard InChI is InChI=1S/C14H12N6O/c21-8-12-18-10-2-1-9(7-11(10)19-12)20-6-5-17-14(20)13-15-3-4-16-13/h1-7,21H,8H2,(H,15,16)(H,18,19). The predicted molar refractivity (Wildman–Crippen MR) is 76.7 cm³/mol. The quantitative estimate of drug-likeness (QED) is 0.531. The zero-order valence-electron chi connectivity index (χ0n) is 11.0. The van der Waals surface area contributed by atoms with E-state index in [1.807, 2.05) is 29.0 Å². The lowest BCUT2D eigenvalue weighted by molar-refractivity contribution is 0.273. The number of hydrogen-bond acceptors (Lipinski definition) is 4. The Hall–Kier alpha value is -2.93. The van der Waals surface area contributed by atoms with Gasteiger partial charge in [-0.15, -0.1) is 0 Å². The van der Waals surface area contributed by atoms with Gasteiger partial charge in [-0.1, -0.05) is 0 Å². The number of rotatable bonds is 3. The number of aliphatic hydroxyl groups is 1. The molecule has 0 aliphatic carbocycles. The average molecular weight is 280 g/mol. The number of hydrogen-bond donors (Lipinski definition) is 3. The molecule has 0 spiro atoms. The highest BCUT2D eigenvalue weighted by Gasteiger charge is 2.11. The van der Waals surface area contributed by atoms with E-state index in [1.165, 1.54) is 0 Å². The third kappa shape index (κ3) is 1.91. The molecule has 4 aromatic rings. The van der Waals surface area contributed by atoms with Crippen molar-refractivity contribution in [3.8, 4) is 17.3 Å². The Morgan fingerprint density at radius 3 is 2.95 bits per heavy atom. The highest BCUT2D eigenvalue weighted by atomic mass is 16.3. The molecule has 104 valence electrons. The summed E-state index contributed by atoms with van der Waals surface area (Å²) in [5, 5.41) is 9.14. The van der Waals surface area contributed by atoms with Crippen LogP contribution in [0.2, 0.25) is 0 Å². The molecule has 0 saturated carbocycles. The van der Waals surface area contributed by atoms with E-state index >= 15 is 0 Å². The lowest BCUT2D eigenvalue weighted by Crippen LogP contribution is -1.97. The zero-order chi connectivity index (χ0) is 14.2. The molecule has 0 unspecified atom stereocenters. The number of nitrogens with one attached hydrogen (secondary N) is 2. The van der Waals surface area contributed by atoms with Crippen molar-refractivity contribution in [1.82, 2.24) is 29.5 Å². The maximum absolute atomic E-state index is 9.14. The van der Waals surface area contributed by atoms with Gasteiger partial charge < -0.3 is 15.1 Å². The van der Waals surface area contributed by atoms with Crippen LogP contribution < -0.4 is 0 Å². The van der Waals surface area contributed by atoms with Crippen molar-refractivity contribution in [3.63, 3.8) is 0 Å². The molecule has 0 bridgehead atoms. The highest BCUT2D eigenvalue weighted by Crippen LogP contribution is 2.21. The van der Waals surface area contributed by atoms with Crippen LogP contribution in [-0.4, -0.2) is 34.6 Å². The summed E-state index contributed by atoms with van der Waals surface area (Å²) < 4.78 is 1.94. The molecule has 4 rings (SSSR count). The fourth-order valence-electron chi connectivity index (χ4n) is 2.35. The summed E-state index contributed by atoms with van der Waals surface area (Å²) in [6.45, 7) is -0.104. The number of H-pyrrole nitrogens is 2. The lowest BCUT2D eigenvalue weighted by atomic mass is 10.2. The molecule has 0 amide bonds. The summed E-state index contributed by atoms with van der Waals surface area (Å²) in [6, 6.07) is 5.83. The largest absolute Gasteiger partial charge is 0.388 e. The molecule has 0 atom stereocenters. The van der Waals surface area contributed by atoms with Gasteiger partial charge in [-0.3, -0.25) is 4.57 Å². The predicted octanol–water partition coefficient (Wildman–Crippen LogP) is 1.63. The molecule has 7 heteroatoms. The van der Waals surface area contributed by atoms with Crippen LogP contribution >= 0.6 is 0 Å². The number of fused-ring (bicyclic) bond motifs is 1. The number of nitrogens with zero attached hydrogens (tertiary/aromatic N) is 4. The number of imidazole rings is 3. The number of aliphatic hydroxyl groups excluding tert-OH is 1. The topological polar surface area (TPSA) is 95.4 Å². The second kappa shape index (κ2) is 4.57. The number of aromatic nitrogens is 6. The molecular weight excluding hydrogens is 268 g/mol. The summed E-state index contributed by atoms with van der Waals surface area (Å²) in [5.74, 6) is 2.00. The summed E-state index contributed by atoms with van der Waals surface area (Å²) >= 11 is 0. The third-order valence-corrected chi connectivity index (χ3v) is 3.29. The maximum Gasteiger partial charge on any atom is 0.180 e. The van der Waals surface area contributed by atoms with Crippen LogP contribution in [0.5, 0.6) is 0 Å². The second-order valence-electron chi connectivity index (χ2n) is 4.60. The van der Waals surface area contributed by atoms with Crippen molar-refractivity contribution in [1.29, 1.82) is 0 Å².